The predicted octanol–water partition coefficient (Wildman–Crippen LogP) is 1.72. The first-order valence-electron chi connectivity index (χ1n) is 5.21. The molecule has 1 saturated heterocycles. The number of rotatable bonds is 3. The fourth-order valence-electron chi connectivity index (χ4n) is 2.14. The van der Waals surface area contributed by atoms with Crippen LogP contribution in [0.25, 0.3) is 0 Å². The number of hydrogen-bond donors (Lipinski definition) is 2. The predicted molar refractivity (Wildman–Crippen MR) is 64.9 cm³/mol. The first-order chi connectivity index (χ1) is 7.23. The van der Waals surface area contributed by atoms with Crippen LogP contribution in [-0.4, -0.2) is 24.2 Å². The number of hydrogen-bond acceptors (Lipinski definition) is 2. The molecule has 0 radical (unpaired) electrons. The van der Waals surface area contributed by atoms with Crippen LogP contribution in [0.15, 0.2) is 30.3 Å². The van der Waals surface area contributed by atoms with Crippen LogP contribution in [0.4, 0.5) is 0 Å². The van der Waals surface area contributed by atoms with Gasteiger partial charge in [-0.25, -0.2) is 0 Å². The largest absolute Gasteiger partial charge is 0.481 e. The molecule has 16 heavy (non-hydrogen) atoms. The Morgan fingerprint density at radius 3 is 2.56 bits per heavy atom. The Morgan fingerprint density at radius 2 is 2.06 bits per heavy atom. The minimum atomic E-state index is -0.684. The zero-order chi connectivity index (χ0) is 10.7. The molecule has 1 atom stereocenters. The molecule has 4 heteroatoms. The van der Waals surface area contributed by atoms with Gasteiger partial charge in [0.15, 0.2) is 0 Å². The maximum Gasteiger partial charge on any atom is 0.311 e. The normalized spacial score (nSPS) is 23.8. The molecule has 1 aromatic rings. The average molecular weight is 242 g/mol. The molecular weight excluding hydrogens is 226 g/mol. The third-order valence-electron chi connectivity index (χ3n) is 3.08. The molecule has 0 bridgehead atoms. The third-order valence-corrected chi connectivity index (χ3v) is 3.08. The maximum atomic E-state index is 11.3. The van der Waals surface area contributed by atoms with Crippen molar-refractivity contribution in [1.82, 2.24) is 5.32 Å². The Bertz CT molecular complexity index is 347. The zero-order valence-corrected chi connectivity index (χ0v) is 9.80. The second-order valence-electron chi connectivity index (χ2n) is 4.17. The van der Waals surface area contributed by atoms with E-state index < -0.39 is 11.4 Å². The fraction of sp³-hybridized carbons (Fsp3) is 0.417. The molecule has 2 rings (SSSR count). The van der Waals surface area contributed by atoms with Crippen LogP contribution in [-0.2, 0) is 11.2 Å². The summed E-state index contributed by atoms with van der Waals surface area (Å²) in [5.74, 6) is -0.684. The lowest BCUT2D eigenvalue weighted by atomic mass is 9.81. The highest BCUT2D eigenvalue weighted by molar-refractivity contribution is 5.85. The summed E-state index contributed by atoms with van der Waals surface area (Å²) >= 11 is 0. The molecule has 0 amide bonds. The van der Waals surface area contributed by atoms with Crippen LogP contribution in [0.3, 0.4) is 0 Å². The maximum absolute atomic E-state index is 11.3. The summed E-state index contributed by atoms with van der Waals surface area (Å²) in [4.78, 5) is 11.3. The van der Waals surface area contributed by atoms with Gasteiger partial charge in [0.2, 0.25) is 0 Å². The molecular formula is C12H16ClNO2. The quantitative estimate of drug-likeness (QED) is 0.847. The van der Waals surface area contributed by atoms with Gasteiger partial charge >= 0.3 is 5.97 Å². The Hall–Kier alpha value is -1.06. The molecule has 2 N–H and O–H groups in total. The molecule has 3 nitrogen and oxygen atoms in total. The first-order valence-corrected chi connectivity index (χ1v) is 5.21. The van der Waals surface area contributed by atoms with E-state index >= 15 is 0 Å². The van der Waals surface area contributed by atoms with Crippen LogP contribution in [0.5, 0.6) is 0 Å². The lowest BCUT2D eigenvalue weighted by Gasteiger charge is -2.22. The molecule has 1 aromatic carbocycles. The number of carboxylic acids is 1. The van der Waals surface area contributed by atoms with Crippen molar-refractivity contribution in [3.8, 4) is 0 Å². The van der Waals surface area contributed by atoms with E-state index in [9.17, 15) is 9.90 Å². The average Bonchev–Trinajstić information content (AvgIpc) is 2.69. The van der Waals surface area contributed by atoms with Gasteiger partial charge in [0, 0.05) is 6.54 Å². The molecule has 0 spiro atoms. The van der Waals surface area contributed by atoms with Crippen LogP contribution < -0.4 is 5.32 Å². The molecule has 1 fully saturated rings. The van der Waals surface area contributed by atoms with Crippen molar-refractivity contribution < 1.29 is 9.90 Å². The molecule has 0 saturated carbocycles. The smallest absolute Gasteiger partial charge is 0.311 e. The first kappa shape index (κ1) is 13.0. The minimum Gasteiger partial charge on any atom is -0.481 e. The molecule has 1 aliphatic rings. The topological polar surface area (TPSA) is 49.3 Å². The summed E-state index contributed by atoms with van der Waals surface area (Å²) in [5.41, 5.74) is 0.505. The van der Waals surface area contributed by atoms with Gasteiger partial charge in [-0.15, -0.1) is 12.4 Å². The highest BCUT2D eigenvalue weighted by Crippen LogP contribution is 2.30. The Labute approximate surface area is 101 Å². The van der Waals surface area contributed by atoms with Crippen molar-refractivity contribution in [2.24, 2.45) is 5.41 Å². The number of nitrogens with one attached hydrogen (secondary N) is 1. The fourth-order valence-corrected chi connectivity index (χ4v) is 2.14. The van der Waals surface area contributed by atoms with E-state index in [-0.39, 0.29) is 12.4 Å². The van der Waals surface area contributed by atoms with Gasteiger partial charge in [0.25, 0.3) is 0 Å². The van der Waals surface area contributed by atoms with Gasteiger partial charge in [-0.1, -0.05) is 30.3 Å². The SMILES string of the molecule is Cl.O=C(O)C1(Cc2ccccc2)CCNC1. The van der Waals surface area contributed by atoms with Gasteiger partial charge in [-0.2, -0.15) is 0 Å². The highest BCUT2D eigenvalue weighted by Gasteiger charge is 2.41. The van der Waals surface area contributed by atoms with Gasteiger partial charge in [-0.3, -0.25) is 4.79 Å². The minimum absolute atomic E-state index is 0. The van der Waals surface area contributed by atoms with E-state index in [2.05, 4.69) is 5.32 Å². The van der Waals surface area contributed by atoms with Crippen molar-refractivity contribution in [3.63, 3.8) is 0 Å². The van der Waals surface area contributed by atoms with Crippen LogP contribution in [0, 0.1) is 5.41 Å². The van der Waals surface area contributed by atoms with E-state index in [1.165, 1.54) is 0 Å². The van der Waals surface area contributed by atoms with Gasteiger partial charge < -0.3 is 10.4 Å². The van der Waals surface area contributed by atoms with Crippen LogP contribution >= 0.6 is 12.4 Å². The number of carboxylic acid groups (broad SMARTS) is 1. The molecule has 0 aliphatic carbocycles. The molecule has 1 aliphatic heterocycles. The van der Waals surface area contributed by atoms with E-state index in [1.54, 1.807) is 0 Å². The standard InChI is InChI=1S/C12H15NO2.ClH/c14-11(15)12(6-7-13-9-12)8-10-4-2-1-3-5-10;/h1-5,13H,6-9H2,(H,14,15);1H. The van der Waals surface area contributed by atoms with Crippen molar-refractivity contribution >= 4 is 18.4 Å². The van der Waals surface area contributed by atoms with Crippen molar-refractivity contribution in [3.05, 3.63) is 35.9 Å². The molecule has 0 aromatic heterocycles. The highest BCUT2D eigenvalue weighted by atomic mass is 35.5. The van der Waals surface area contributed by atoms with Crippen molar-refractivity contribution in [2.45, 2.75) is 12.8 Å². The second kappa shape index (κ2) is 5.32. The van der Waals surface area contributed by atoms with E-state index in [1.807, 2.05) is 30.3 Å². The molecule has 1 heterocycles. The van der Waals surface area contributed by atoms with Gasteiger partial charge in [0.05, 0.1) is 5.41 Å². The summed E-state index contributed by atoms with van der Waals surface area (Å²) < 4.78 is 0. The molecule has 1 unspecified atom stereocenters. The van der Waals surface area contributed by atoms with E-state index in [0.29, 0.717) is 13.0 Å². The summed E-state index contributed by atoms with van der Waals surface area (Å²) in [5, 5.41) is 12.4. The lowest BCUT2D eigenvalue weighted by Crippen LogP contribution is -2.35. The van der Waals surface area contributed by atoms with Crippen LogP contribution in [0.1, 0.15) is 12.0 Å². The second-order valence-corrected chi connectivity index (χ2v) is 4.17. The summed E-state index contributed by atoms with van der Waals surface area (Å²) in [7, 11) is 0. The Kier molecular flexibility index (Phi) is 4.33. The Balaban J connectivity index is 0.00000128. The van der Waals surface area contributed by atoms with Crippen molar-refractivity contribution in [2.75, 3.05) is 13.1 Å². The van der Waals surface area contributed by atoms with E-state index in [4.69, 9.17) is 0 Å². The van der Waals surface area contributed by atoms with E-state index in [0.717, 1.165) is 18.5 Å². The van der Waals surface area contributed by atoms with Crippen LogP contribution in [0.2, 0.25) is 0 Å². The summed E-state index contributed by atoms with van der Waals surface area (Å²) in [6.07, 6.45) is 1.34. The monoisotopic (exact) mass is 241 g/mol. The Morgan fingerprint density at radius 1 is 1.38 bits per heavy atom. The zero-order valence-electron chi connectivity index (χ0n) is 8.98. The lowest BCUT2D eigenvalue weighted by molar-refractivity contribution is -0.147. The number of carbonyl (C=O) groups is 1. The van der Waals surface area contributed by atoms with Crippen molar-refractivity contribution in [1.29, 1.82) is 0 Å². The van der Waals surface area contributed by atoms with Gasteiger partial charge in [-0.05, 0) is 24.9 Å². The third kappa shape index (κ3) is 2.54. The number of benzene rings is 1. The van der Waals surface area contributed by atoms with Gasteiger partial charge in [0.1, 0.15) is 0 Å². The number of halogens is 1. The number of aliphatic carboxylic acids is 1. The molecule has 88 valence electrons. The summed E-state index contributed by atoms with van der Waals surface area (Å²) in [6.45, 7) is 1.39. The summed E-state index contributed by atoms with van der Waals surface area (Å²) in [6, 6.07) is 9.83.